The van der Waals surface area contributed by atoms with E-state index in [1.165, 1.54) is 24.7 Å². The molecule has 1 aliphatic carbocycles. The Labute approximate surface area is 162 Å². The summed E-state index contributed by atoms with van der Waals surface area (Å²) in [5.41, 5.74) is 1.17. The molecule has 1 aliphatic heterocycles. The van der Waals surface area contributed by atoms with Crippen LogP contribution in [0.1, 0.15) is 50.1 Å². The summed E-state index contributed by atoms with van der Waals surface area (Å²) >= 11 is 0. The van der Waals surface area contributed by atoms with E-state index in [1.807, 2.05) is 18.2 Å². The number of carbonyl (C=O) groups excluding carboxylic acids is 1. The van der Waals surface area contributed by atoms with Gasteiger partial charge in [0, 0.05) is 12.6 Å². The van der Waals surface area contributed by atoms with Crippen LogP contribution in [0.4, 0.5) is 0 Å². The van der Waals surface area contributed by atoms with Crippen LogP contribution in [0.25, 0.3) is 0 Å². The smallest absolute Gasteiger partial charge is 0.234 e. The number of sulfonamides is 1. The molecule has 1 saturated carbocycles. The van der Waals surface area contributed by atoms with E-state index in [1.54, 1.807) is 0 Å². The number of benzene rings is 1. The Kier molecular flexibility index (Phi) is 6.89. The van der Waals surface area contributed by atoms with E-state index in [-0.39, 0.29) is 18.0 Å². The summed E-state index contributed by atoms with van der Waals surface area (Å²) in [5, 5.41) is 3.27. The third-order valence-corrected chi connectivity index (χ3v) is 6.36. The molecular formula is C20H31N3O3S. The second-order valence-corrected chi connectivity index (χ2v) is 9.74. The molecule has 0 radical (unpaired) electrons. The van der Waals surface area contributed by atoms with Crippen LogP contribution < -0.4 is 10.0 Å². The standard InChI is InChI=1S/C20H31N3O3S/c1-27(25,26)22-18-12-7-13-23(14-18)15-19(24)21-20(17-10-5-6-11-17)16-8-3-2-4-9-16/h2-4,8-9,17-18,20,22H,5-7,10-15H2,1H3,(H,21,24). The van der Waals surface area contributed by atoms with Gasteiger partial charge in [0.2, 0.25) is 15.9 Å². The van der Waals surface area contributed by atoms with E-state index >= 15 is 0 Å². The maximum atomic E-state index is 12.8. The van der Waals surface area contributed by atoms with E-state index in [2.05, 4.69) is 27.1 Å². The molecule has 2 aliphatic rings. The minimum absolute atomic E-state index is 0.0239. The molecule has 150 valence electrons. The number of amides is 1. The molecule has 1 aromatic rings. The Hall–Kier alpha value is -1.44. The van der Waals surface area contributed by atoms with Crippen molar-refractivity contribution in [1.82, 2.24) is 14.9 Å². The molecule has 7 heteroatoms. The Morgan fingerprint density at radius 3 is 2.52 bits per heavy atom. The number of hydrogen-bond donors (Lipinski definition) is 2. The lowest BCUT2D eigenvalue weighted by molar-refractivity contribution is -0.123. The van der Waals surface area contributed by atoms with Crippen LogP contribution in [0.5, 0.6) is 0 Å². The van der Waals surface area contributed by atoms with Crippen molar-refractivity contribution in [1.29, 1.82) is 0 Å². The molecule has 1 saturated heterocycles. The van der Waals surface area contributed by atoms with Gasteiger partial charge in [0.25, 0.3) is 0 Å². The highest BCUT2D eigenvalue weighted by Gasteiger charge is 2.29. The number of carbonyl (C=O) groups is 1. The number of piperidine rings is 1. The molecule has 2 unspecified atom stereocenters. The third-order valence-electron chi connectivity index (χ3n) is 5.60. The normalized spacial score (nSPS) is 23.2. The molecule has 1 amide bonds. The van der Waals surface area contributed by atoms with Crippen molar-refractivity contribution in [2.24, 2.45) is 5.92 Å². The van der Waals surface area contributed by atoms with E-state index in [0.717, 1.165) is 32.2 Å². The van der Waals surface area contributed by atoms with Crippen LogP contribution in [0.15, 0.2) is 30.3 Å². The zero-order chi connectivity index (χ0) is 19.3. The molecule has 27 heavy (non-hydrogen) atoms. The van der Waals surface area contributed by atoms with Crippen LogP contribution in [0, 0.1) is 5.92 Å². The summed E-state index contributed by atoms with van der Waals surface area (Å²) in [6, 6.07) is 10.2. The topological polar surface area (TPSA) is 78.5 Å². The molecule has 0 bridgehead atoms. The highest BCUT2D eigenvalue weighted by Crippen LogP contribution is 2.35. The van der Waals surface area contributed by atoms with Gasteiger partial charge in [-0.25, -0.2) is 13.1 Å². The zero-order valence-corrected chi connectivity index (χ0v) is 16.9. The fourth-order valence-electron chi connectivity index (χ4n) is 4.44. The first-order chi connectivity index (χ1) is 12.9. The molecular weight excluding hydrogens is 362 g/mol. The van der Waals surface area contributed by atoms with Crippen molar-refractivity contribution in [3.63, 3.8) is 0 Å². The first-order valence-corrected chi connectivity index (χ1v) is 11.8. The minimum atomic E-state index is -3.22. The Morgan fingerprint density at radius 1 is 1.15 bits per heavy atom. The lowest BCUT2D eigenvalue weighted by atomic mass is 9.91. The van der Waals surface area contributed by atoms with Crippen molar-refractivity contribution in [3.05, 3.63) is 35.9 Å². The summed E-state index contributed by atoms with van der Waals surface area (Å²) in [6.07, 6.45) is 7.67. The lowest BCUT2D eigenvalue weighted by Crippen LogP contribution is -2.50. The summed E-state index contributed by atoms with van der Waals surface area (Å²) in [6.45, 7) is 1.73. The van der Waals surface area contributed by atoms with Gasteiger partial charge in [-0.15, -0.1) is 0 Å². The number of hydrogen-bond acceptors (Lipinski definition) is 4. The number of likely N-dealkylation sites (tertiary alicyclic amines) is 1. The fraction of sp³-hybridized carbons (Fsp3) is 0.650. The lowest BCUT2D eigenvalue weighted by Gasteiger charge is -2.33. The van der Waals surface area contributed by atoms with Gasteiger partial charge < -0.3 is 5.32 Å². The van der Waals surface area contributed by atoms with Gasteiger partial charge in [0.15, 0.2) is 0 Å². The van der Waals surface area contributed by atoms with Gasteiger partial charge in [0.05, 0.1) is 18.8 Å². The summed E-state index contributed by atoms with van der Waals surface area (Å²) in [7, 11) is -3.22. The SMILES string of the molecule is CS(=O)(=O)NC1CCCN(CC(=O)NC(c2ccccc2)C2CCCC2)C1. The first kappa shape index (κ1) is 20.3. The summed E-state index contributed by atoms with van der Waals surface area (Å²) < 4.78 is 25.6. The van der Waals surface area contributed by atoms with Crippen LogP contribution >= 0.6 is 0 Å². The largest absolute Gasteiger partial charge is 0.348 e. The third kappa shape index (κ3) is 6.30. The molecule has 3 rings (SSSR count). The second kappa shape index (κ2) is 9.17. The Balaban J connectivity index is 1.59. The average Bonchev–Trinajstić information content (AvgIpc) is 3.13. The van der Waals surface area contributed by atoms with E-state index in [0.29, 0.717) is 19.0 Å². The molecule has 0 spiro atoms. The fourth-order valence-corrected chi connectivity index (χ4v) is 5.24. The van der Waals surface area contributed by atoms with Gasteiger partial charge in [-0.3, -0.25) is 9.69 Å². The van der Waals surface area contributed by atoms with Crippen molar-refractivity contribution >= 4 is 15.9 Å². The van der Waals surface area contributed by atoms with E-state index < -0.39 is 10.0 Å². The number of nitrogens with zero attached hydrogens (tertiary/aromatic N) is 1. The second-order valence-electron chi connectivity index (χ2n) is 7.96. The molecule has 1 aromatic carbocycles. The molecule has 1 heterocycles. The maximum Gasteiger partial charge on any atom is 0.234 e. The van der Waals surface area contributed by atoms with Crippen LogP contribution in [-0.2, 0) is 14.8 Å². The van der Waals surface area contributed by atoms with Gasteiger partial charge in [-0.1, -0.05) is 43.2 Å². The quantitative estimate of drug-likeness (QED) is 0.743. The predicted molar refractivity (Wildman–Crippen MR) is 107 cm³/mol. The highest BCUT2D eigenvalue weighted by atomic mass is 32.2. The van der Waals surface area contributed by atoms with Gasteiger partial charge in [-0.05, 0) is 43.7 Å². The Bertz CT molecular complexity index is 717. The zero-order valence-electron chi connectivity index (χ0n) is 16.1. The monoisotopic (exact) mass is 393 g/mol. The Morgan fingerprint density at radius 2 is 1.85 bits per heavy atom. The van der Waals surface area contributed by atoms with Crippen molar-refractivity contribution in [2.75, 3.05) is 25.9 Å². The average molecular weight is 394 g/mol. The maximum absolute atomic E-state index is 12.8. The van der Waals surface area contributed by atoms with Crippen molar-refractivity contribution in [3.8, 4) is 0 Å². The predicted octanol–water partition coefficient (Wildman–Crippen LogP) is 2.05. The van der Waals surface area contributed by atoms with Crippen LogP contribution in [-0.4, -0.2) is 51.2 Å². The van der Waals surface area contributed by atoms with E-state index in [9.17, 15) is 13.2 Å². The summed E-state index contributed by atoms with van der Waals surface area (Å²) in [5.74, 6) is 0.521. The molecule has 2 atom stereocenters. The van der Waals surface area contributed by atoms with Gasteiger partial charge >= 0.3 is 0 Å². The van der Waals surface area contributed by atoms with Crippen molar-refractivity contribution < 1.29 is 13.2 Å². The van der Waals surface area contributed by atoms with E-state index in [4.69, 9.17) is 0 Å². The van der Waals surface area contributed by atoms with Crippen molar-refractivity contribution in [2.45, 2.75) is 50.6 Å². The molecule has 6 nitrogen and oxygen atoms in total. The minimum Gasteiger partial charge on any atom is -0.348 e. The molecule has 0 aromatic heterocycles. The summed E-state index contributed by atoms with van der Waals surface area (Å²) in [4.78, 5) is 14.8. The highest BCUT2D eigenvalue weighted by molar-refractivity contribution is 7.88. The number of rotatable bonds is 7. The first-order valence-electron chi connectivity index (χ1n) is 9.95. The van der Waals surface area contributed by atoms with Crippen LogP contribution in [0.2, 0.25) is 0 Å². The molecule has 2 fully saturated rings. The van der Waals surface area contributed by atoms with Crippen LogP contribution in [0.3, 0.4) is 0 Å². The van der Waals surface area contributed by atoms with Gasteiger partial charge in [0.1, 0.15) is 0 Å². The molecule has 2 N–H and O–H groups in total. The van der Waals surface area contributed by atoms with Gasteiger partial charge in [-0.2, -0.15) is 0 Å². The number of nitrogens with one attached hydrogen (secondary N) is 2.